The van der Waals surface area contributed by atoms with Crippen LogP contribution in [0.25, 0.3) is 0 Å². The van der Waals surface area contributed by atoms with Crippen LogP contribution in [0.15, 0.2) is 41.2 Å². The number of aliphatic hydroxyl groups is 2. The first-order chi connectivity index (χ1) is 23.6. The average molecular weight is 692 g/mol. The fourth-order valence-corrected chi connectivity index (χ4v) is 6.86. The van der Waals surface area contributed by atoms with Gasteiger partial charge in [0.05, 0.1) is 35.2 Å². The summed E-state index contributed by atoms with van der Waals surface area (Å²) in [4.78, 5) is 49.9. The van der Waals surface area contributed by atoms with Crippen molar-refractivity contribution in [2.45, 2.75) is 94.9 Å². The molecule has 1 aromatic carbocycles. The van der Waals surface area contributed by atoms with Gasteiger partial charge in [-0.15, -0.1) is 30.1 Å². The fraction of sp³-hybridized carbons (Fsp3) is 0.579. The molecule has 11 heteroatoms. The van der Waals surface area contributed by atoms with Gasteiger partial charge in [-0.05, 0) is 37.9 Å². The number of carbonyl (C=O) groups excluding carboxylic acids is 3. The topological polar surface area (TPSA) is 135 Å². The van der Waals surface area contributed by atoms with Crippen LogP contribution in [-0.2, 0) is 20.8 Å². The molecule has 266 valence electrons. The second-order valence-electron chi connectivity index (χ2n) is 13.2. The third-order valence-corrected chi connectivity index (χ3v) is 10.1. The molecule has 0 radical (unpaired) electrons. The van der Waals surface area contributed by atoms with E-state index in [2.05, 4.69) is 32.4 Å². The van der Waals surface area contributed by atoms with Crippen LogP contribution in [-0.4, -0.2) is 101 Å². The molecule has 1 aliphatic rings. The number of aromatic nitrogens is 1. The molecule has 3 rings (SSSR count). The molecular weight excluding hydrogens is 639 g/mol. The van der Waals surface area contributed by atoms with Crippen LogP contribution in [0.5, 0.6) is 0 Å². The normalized spacial score (nSPS) is 17.1. The first kappa shape index (κ1) is 39.7. The standard InChI is InChI=1S/C38H53N5O5S/c1-6-15-33(44)36(46)31(23-28-18-13-10-14-19-28)40-38(48)35(30(7-2)32-25-49-26-39-32)41-37(47)29(22-27-16-11-9-12-17-27)24-34(45)43(5)21-20-42(4)8-3/h1-2,9,11-12,16-17,25-26,28-31,33,35-36,44,46H,8,10,13-15,18-24H2,3-5H3,(H,40,48)(H,41,47). The molecule has 0 bridgehead atoms. The predicted molar refractivity (Wildman–Crippen MR) is 193 cm³/mol. The molecule has 6 atom stereocenters. The SMILES string of the molecule is C#CCC(O)C(O)C(CC1CCCCC1)NC(=O)C(NC(=O)C(CC(=O)N(C)CCN(C)CC)Cc1ccccc1)C(C#C)c1cscn1. The number of nitrogens with zero attached hydrogens (tertiary/aromatic N) is 3. The molecule has 0 saturated heterocycles. The highest BCUT2D eigenvalue weighted by Gasteiger charge is 2.37. The lowest BCUT2D eigenvalue weighted by Gasteiger charge is -2.34. The first-order valence-corrected chi connectivity index (χ1v) is 18.2. The maximum absolute atomic E-state index is 14.2. The Balaban J connectivity index is 1.91. The Labute approximate surface area is 296 Å². The molecule has 1 heterocycles. The van der Waals surface area contributed by atoms with Crippen LogP contribution < -0.4 is 10.6 Å². The number of hydrogen-bond acceptors (Lipinski definition) is 8. The lowest BCUT2D eigenvalue weighted by atomic mass is 9.82. The number of hydrogen-bond donors (Lipinski definition) is 4. The Hall–Kier alpha value is -3.74. The summed E-state index contributed by atoms with van der Waals surface area (Å²) in [6.45, 7) is 4.09. The number of likely N-dealkylation sites (N-methyl/N-ethyl adjacent to an activating group) is 2. The van der Waals surface area contributed by atoms with Crippen molar-refractivity contribution < 1.29 is 24.6 Å². The minimum atomic E-state index is -1.33. The van der Waals surface area contributed by atoms with Crippen molar-refractivity contribution in [3.63, 3.8) is 0 Å². The highest BCUT2D eigenvalue weighted by atomic mass is 32.1. The summed E-state index contributed by atoms with van der Waals surface area (Å²) in [6, 6.07) is 7.32. The van der Waals surface area contributed by atoms with Crippen LogP contribution in [0.4, 0.5) is 0 Å². The summed E-state index contributed by atoms with van der Waals surface area (Å²) in [7, 11) is 3.70. The molecule has 1 aliphatic carbocycles. The second kappa shape index (κ2) is 20.7. The van der Waals surface area contributed by atoms with Gasteiger partial charge in [0.2, 0.25) is 17.7 Å². The first-order valence-electron chi connectivity index (χ1n) is 17.3. The van der Waals surface area contributed by atoms with Gasteiger partial charge in [0, 0.05) is 38.4 Å². The van der Waals surface area contributed by atoms with Gasteiger partial charge < -0.3 is 30.6 Å². The number of thiazole rings is 1. The molecule has 3 amide bonds. The molecule has 4 N–H and O–H groups in total. The molecule has 1 aromatic heterocycles. The minimum Gasteiger partial charge on any atom is -0.389 e. The third-order valence-electron chi connectivity index (χ3n) is 9.54. The summed E-state index contributed by atoms with van der Waals surface area (Å²) in [5.41, 5.74) is 2.92. The summed E-state index contributed by atoms with van der Waals surface area (Å²) >= 11 is 1.31. The zero-order valence-corrected chi connectivity index (χ0v) is 29.9. The van der Waals surface area contributed by atoms with E-state index in [1.807, 2.05) is 44.3 Å². The Morgan fingerprint density at radius 1 is 1.04 bits per heavy atom. The van der Waals surface area contributed by atoms with E-state index in [-0.39, 0.29) is 31.1 Å². The van der Waals surface area contributed by atoms with Gasteiger partial charge in [-0.25, -0.2) is 4.98 Å². The van der Waals surface area contributed by atoms with Crippen LogP contribution >= 0.6 is 11.3 Å². The van der Waals surface area contributed by atoms with Crippen LogP contribution in [0.1, 0.15) is 75.5 Å². The van der Waals surface area contributed by atoms with E-state index in [0.717, 1.165) is 44.2 Å². The van der Waals surface area contributed by atoms with Crippen molar-refractivity contribution in [2.75, 3.05) is 33.7 Å². The molecular formula is C38H53N5O5S. The Morgan fingerprint density at radius 3 is 2.37 bits per heavy atom. The molecule has 0 aliphatic heterocycles. The minimum absolute atomic E-state index is 0.0693. The van der Waals surface area contributed by atoms with Crippen molar-refractivity contribution in [1.29, 1.82) is 0 Å². The lowest BCUT2D eigenvalue weighted by molar-refractivity contribution is -0.137. The quantitative estimate of drug-likeness (QED) is 0.166. The Kier molecular flexibility index (Phi) is 16.8. The number of terminal acetylenes is 2. The number of amides is 3. The van der Waals surface area contributed by atoms with Gasteiger partial charge in [0.1, 0.15) is 12.1 Å². The number of aliphatic hydroxyl groups excluding tert-OH is 2. The highest BCUT2D eigenvalue weighted by molar-refractivity contribution is 7.07. The summed E-state index contributed by atoms with van der Waals surface area (Å²) in [6.07, 6.45) is 14.6. The summed E-state index contributed by atoms with van der Waals surface area (Å²) < 4.78 is 0. The van der Waals surface area contributed by atoms with E-state index < -0.39 is 47.9 Å². The molecule has 2 aromatic rings. The lowest BCUT2D eigenvalue weighted by Crippen LogP contribution is -2.57. The average Bonchev–Trinajstić information content (AvgIpc) is 3.65. The van der Waals surface area contributed by atoms with E-state index in [1.165, 1.54) is 11.3 Å². The van der Waals surface area contributed by atoms with Gasteiger partial charge in [-0.2, -0.15) is 0 Å². The molecule has 6 unspecified atom stereocenters. The molecule has 1 saturated carbocycles. The maximum atomic E-state index is 14.2. The van der Waals surface area contributed by atoms with Gasteiger partial charge in [-0.3, -0.25) is 14.4 Å². The second-order valence-corrected chi connectivity index (χ2v) is 13.9. The smallest absolute Gasteiger partial charge is 0.244 e. The molecule has 1 fully saturated rings. The zero-order valence-electron chi connectivity index (χ0n) is 29.1. The van der Waals surface area contributed by atoms with E-state index in [1.54, 1.807) is 22.8 Å². The van der Waals surface area contributed by atoms with Gasteiger partial charge in [0.25, 0.3) is 0 Å². The number of rotatable bonds is 19. The monoisotopic (exact) mass is 691 g/mol. The third kappa shape index (κ3) is 12.6. The van der Waals surface area contributed by atoms with Crippen molar-refractivity contribution in [3.05, 3.63) is 52.5 Å². The van der Waals surface area contributed by atoms with Crippen molar-refractivity contribution in [3.8, 4) is 24.7 Å². The van der Waals surface area contributed by atoms with Gasteiger partial charge in [0.15, 0.2) is 0 Å². The highest BCUT2D eigenvalue weighted by Crippen LogP contribution is 2.29. The number of benzene rings is 1. The Morgan fingerprint density at radius 2 is 1.76 bits per heavy atom. The van der Waals surface area contributed by atoms with E-state index in [9.17, 15) is 24.6 Å². The van der Waals surface area contributed by atoms with Crippen molar-refractivity contribution in [1.82, 2.24) is 25.4 Å². The fourth-order valence-electron chi connectivity index (χ4n) is 6.27. The number of carbonyl (C=O) groups is 3. The van der Waals surface area contributed by atoms with Crippen molar-refractivity contribution >= 4 is 29.1 Å². The van der Waals surface area contributed by atoms with E-state index in [0.29, 0.717) is 25.2 Å². The van der Waals surface area contributed by atoms with Gasteiger partial charge >= 0.3 is 0 Å². The summed E-state index contributed by atoms with van der Waals surface area (Å²) in [5, 5.41) is 29.4. The van der Waals surface area contributed by atoms with Crippen LogP contribution in [0.2, 0.25) is 0 Å². The van der Waals surface area contributed by atoms with Gasteiger partial charge in [-0.1, -0.05) is 75.3 Å². The molecule has 49 heavy (non-hydrogen) atoms. The molecule has 0 spiro atoms. The zero-order chi connectivity index (χ0) is 35.8. The number of nitrogens with one attached hydrogen (secondary N) is 2. The largest absolute Gasteiger partial charge is 0.389 e. The van der Waals surface area contributed by atoms with Crippen molar-refractivity contribution in [2.24, 2.45) is 11.8 Å². The van der Waals surface area contributed by atoms with E-state index >= 15 is 0 Å². The maximum Gasteiger partial charge on any atom is 0.244 e. The predicted octanol–water partition coefficient (Wildman–Crippen LogP) is 3.20. The van der Waals surface area contributed by atoms with Crippen LogP contribution in [0, 0.1) is 36.5 Å². The van der Waals surface area contributed by atoms with Crippen LogP contribution in [0.3, 0.4) is 0 Å². The molecule has 10 nitrogen and oxygen atoms in total. The van der Waals surface area contributed by atoms with E-state index in [4.69, 9.17) is 12.8 Å². The summed E-state index contributed by atoms with van der Waals surface area (Å²) in [5.74, 6) is 2.25. The Bertz CT molecular complexity index is 1390.